The van der Waals surface area contributed by atoms with Crippen LogP contribution in [-0.4, -0.2) is 47.7 Å². The Hall–Kier alpha value is -2.18. The zero-order valence-corrected chi connectivity index (χ0v) is 17.9. The van der Waals surface area contributed by atoms with E-state index < -0.39 is 0 Å². The average molecular weight is 409 g/mol. The van der Waals surface area contributed by atoms with Gasteiger partial charge in [-0.25, -0.2) is 9.97 Å². The maximum Gasteiger partial charge on any atom is 0.141 e. The van der Waals surface area contributed by atoms with Crippen molar-refractivity contribution in [3.05, 3.63) is 46.6 Å². The molecular weight excluding hydrogens is 380 g/mol. The van der Waals surface area contributed by atoms with Gasteiger partial charge in [-0.1, -0.05) is 12.1 Å². The Bertz CT molecular complexity index is 976. The molecule has 152 valence electrons. The third-order valence-corrected chi connectivity index (χ3v) is 7.24. The SMILES string of the molecule is CCOc1ccc(CN2CCN(c3ncnc4sc5c(c34)CCCC5)CC2)cc1. The Morgan fingerprint density at radius 3 is 2.59 bits per heavy atom. The lowest BCUT2D eigenvalue weighted by Crippen LogP contribution is -2.46. The van der Waals surface area contributed by atoms with Gasteiger partial charge in [-0.05, 0) is 55.9 Å². The molecule has 2 aromatic heterocycles. The fraction of sp³-hybridized carbons (Fsp3) is 0.478. The minimum absolute atomic E-state index is 0.713. The van der Waals surface area contributed by atoms with E-state index in [1.54, 1.807) is 11.2 Å². The van der Waals surface area contributed by atoms with Gasteiger partial charge in [0.15, 0.2) is 0 Å². The molecule has 0 N–H and O–H groups in total. The van der Waals surface area contributed by atoms with Gasteiger partial charge in [0, 0.05) is 37.6 Å². The van der Waals surface area contributed by atoms with Gasteiger partial charge in [0.2, 0.25) is 0 Å². The smallest absolute Gasteiger partial charge is 0.141 e. The summed E-state index contributed by atoms with van der Waals surface area (Å²) in [5.41, 5.74) is 2.88. The molecule has 0 radical (unpaired) electrons. The molecule has 0 bridgehead atoms. The van der Waals surface area contributed by atoms with Gasteiger partial charge in [0.05, 0.1) is 12.0 Å². The normalized spacial score (nSPS) is 17.5. The Morgan fingerprint density at radius 1 is 1.00 bits per heavy atom. The van der Waals surface area contributed by atoms with Gasteiger partial charge in [0.1, 0.15) is 22.7 Å². The highest BCUT2D eigenvalue weighted by Gasteiger charge is 2.25. The lowest BCUT2D eigenvalue weighted by atomic mass is 9.97. The number of fused-ring (bicyclic) bond motifs is 3. The maximum absolute atomic E-state index is 5.55. The van der Waals surface area contributed by atoms with Crippen molar-refractivity contribution in [3.8, 4) is 5.75 Å². The number of aromatic nitrogens is 2. The van der Waals surface area contributed by atoms with E-state index in [-0.39, 0.29) is 0 Å². The molecule has 29 heavy (non-hydrogen) atoms. The average Bonchev–Trinajstić information content (AvgIpc) is 3.15. The first-order valence-corrected chi connectivity index (χ1v) is 11.6. The molecule has 3 aromatic rings. The van der Waals surface area contributed by atoms with E-state index in [0.717, 1.165) is 44.3 Å². The first kappa shape index (κ1) is 18.8. The monoisotopic (exact) mass is 408 g/mol. The molecule has 0 atom stereocenters. The standard InChI is InChI=1S/C23H28N4OS/c1-2-28-18-9-7-17(8-10-18)15-26-11-13-27(14-12-26)22-21-19-5-3-4-6-20(19)29-23(21)25-16-24-22/h7-10,16H,2-6,11-15H2,1H3. The molecule has 5 nitrogen and oxygen atoms in total. The molecule has 0 unspecified atom stereocenters. The molecule has 1 aromatic carbocycles. The number of benzene rings is 1. The van der Waals surface area contributed by atoms with Gasteiger partial charge >= 0.3 is 0 Å². The van der Waals surface area contributed by atoms with Crippen molar-refractivity contribution < 1.29 is 4.74 Å². The zero-order valence-electron chi connectivity index (χ0n) is 17.1. The van der Waals surface area contributed by atoms with Crippen LogP contribution in [0.1, 0.15) is 35.8 Å². The topological polar surface area (TPSA) is 41.5 Å². The second kappa shape index (κ2) is 8.28. The van der Waals surface area contributed by atoms with Crippen molar-refractivity contribution in [1.29, 1.82) is 0 Å². The zero-order chi connectivity index (χ0) is 19.6. The molecule has 0 amide bonds. The summed E-state index contributed by atoms with van der Waals surface area (Å²) in [6, 6.07) is 8.52. The predicted molar refractivity (Wildman–Crippen MR) is 119 cm³/mol. The summed E-state index contributed by atoms with van der Waals surface area (Å²) in [7, 11) is 0. The Kier molecular flexibility index (Phi) is 5.38. The quantitative estimate of drug-likeness (QED) is 0.630. The molecule has 1 aliphatic carbocycles. The van der Waals surface area contributed by atoms with Crippen LogP contribution >= 0.6 is 11.3 Å². The van der Waals surface area contributed by atoms with Gasteiger partial charge in [-0.2, -0.15) is 0 Å². The number of hydrogen-bond donors (Lipinski definition) is 0. The molecule has 0 spiro atoms. The number of hydrogen-bond acceptors (Lipinski definition) is 6. The number of anilines is 1. The number of rotatable bonds is 5. The predicted octanol–water partition coefficient (Wildman–Crippen LogP) is 4.29. The fourth-order valence-corrected chi connectivity index (χ4v) is 5.77. The number of nitrogens with zero attached hydrogens (tertiary/aromatic N) is 4. The molecular formula is C23H28N4OS. The summed E-state index contributed by atoms with van der Waals surface area (Å²) >= 11 is 1.89. The van der Waals surface area contributed by atoms with E-state index in [1.807, 2.05) is 18.3 Å². The fourth-order valence-electron chi connectivity index (χ4n) is 4.55. The summed E-state index contributed by atoms with van der Waals surface area (Å²) in [4.78, 5) is 17.1. The third kappa shape index (κ3) is 3.83. The van der Waals surface area contributed by atoms with Crippen LogP contribution in [-0.2, 0) is 19.4 Å². The molecule has 5 rings (SSSR count). The van der Waals surface area contributed by atoms with Crippen LogP contribution in [0.2, 0.25) is 0 Å². The second-order valence-electron chi connectivity index (χ2n) is 7.93. The van der Waals surface area contributed by atoms with E-state index in [0.29, 0.717) is 6.61 Å². The molecule has 6 heteroatoms. The minimum atomic E-state index is 0.713. The van der Waals surface area contributed by atoms with Crippen LogP contribution in [0.25, 0.3) is 10.2 Å². The molecule has 3 heterocycles. The molecule has 2 aliphatic rings. The van der Waals surface area contributed by atoms with E-state index in [2.05, 4.69) is 39.0 Å². The van der Waals surface area contributed by atoms with Gasteiger partial charge in [-0.3, -0.25) is 4.90 Å². The van der Waals surface area contributed by atoms with E-state index in [9.17, 15) is 0 Å². The summed E-state index contributed by atoms with van der Waals surface area (Å²) in [5.74, 6) is 2.11. The van der Waals surface area contributed by atoms with Crippen molar-refractivity contribution in [2.75, 3.05) is 37.7 Å². The highest BCUT2D eigenvalue weighted by Crippen LogP contribution is 2.39. The lowest BCUT2D eigenvalue weighted by Gasteiger charge is -2.35. The van der Waals surface area contributed by atoms with Gasteiger partial charge in [-0.15, -0.1) is 11.3 Å². The lowest BCUT2D eigenvalue weighted by molar-refractivity contribution is 0.249. The van der Waals surface area contributed by atoms with E-state index in [4.69, 9.17) is 9.72 Å². The van der Waals surface area contributed by atoms with Crippen LogP contribution in [0.15, 0.2) is 30.6 Å². The number of ether oxygens (including phenoxy) is 1. The molecule has 1 fully saturated rings. The van der Waals surface area contributed by atoms with Crippen LogP contribution in [0.3, 0.4) is 0 Å². The maximum atomic E-state index is 5.55. The van der Waals surface area contributed by atoms with Gasteiger partial charge in [0.25, 0.3) is 0 Å². The molecule has 0 saturated carbocycles. The van der Waals surface area contributed by atoms with Crippen molar-refractivity contribution in [3.63, 3.8) is 0 Å². The van der Waals surface area contributed by atoms with Crippen molar-refractivity contribution in [1.82, 2.24) is 14.9 Å². The molecule has 1 aliphatic heterocycles. The highest BCUT2D eigenvalue weighted by atomic mass is 32.1. The highest BCUT2D eigenvalue weighted by molar-refractivity contribution is 7.19. The van der Waals surface area contributed by atoms with Crippen LogP contribution in [0, 0.1) is 0 Å². The van der Waals surface area contributed by atoms with E-state index in [1.165, 1.54) is 47.0 Å². The first-order chi connectivity index (χ1) is 14.3. The first-order valence-electron chi connectivity index (χ1n) is 10.8. The number of thiophene rings is 1. The summed E-state index contributed by atoms with van der Waals surface area (Å²) < 4.78 is 5.55. The Labute approximate surface area is 176 Å². The summed E-state index contributed by atoms with van der Waals surface area (Å²) in [5, 5.41) is 1.34. The second-order valence-corrected chi connectivity index (χ2v) is 9.01. The number of piperazine rings is 1. The minimum Gasteiger partial charge on any atom is -0.494 e. The van der Waals surface area contributed by atoms with Crippen molar-refractivity contribution in [2.24, 2.45) is 0 Å². The van der Waals surface area contributed by atoms with E-state index >= 15 is 0 Å². The molecule has 1 saturated heterocycles. The summed E-state index contributed by atoms with van der Waals surface area (Å²) in [6.07, 6.45) is 6.76. The third-order valence-electron chi connectivity index (χ3n) is 6.04. The van der Waals surface area contributed by atoms with Crippen LogP contribution < -0.4 is 9.64 Å². The van der Waals surface area contributed by atoms with Crippen LogP contribution in [0.4, 0.5) is 5.82 Å². The van der Waals surface area contributed by atoms with Gasteiger partial charge < -0.3 is 9.64 Å². The van der Waals surface area contributed by atoms with Crippen LogP contribution in [0.5, 0.6) is 5.75 Å². The Balaban J connectivity index is 1.28. The summed E-state index contributed by atoms with van der Waals surface area (Å²) in [6.45, 7) is 7.89. The number of aryl methyl sites for hydroxylation is 2. The Morgan fingerprint density at radius 2 is 1.79 bits per heavy atom. The van der Waals surface area contributed by atoms with Crippen molar-refractivity contribution in [2.45, 2.75) is 39.2 Å². The van der Waals surface area contributed by atoms with Crippen molar-refractivity contribution >= 4 is 27.4 Å². The largest absolute Gasteiger partial charge is 0.494 e.